The third-order valence-corrected chi connectivity index (χ3v) is 5.85. The summed E-state index contributed by atoms with van der Waals surface area (Å²) in [4.78, 5) is 17.4. The molecule has 1 amide bonds. The average molecular weight is 364 g/mol. The highest BCUT2D eigenvalue weighted by Gasteiger charge is 2.32. The van der Waals surface area contributed by atoms with Crippen molar-refractivity contribution in [2.24, 2.45) is 5.92 Å². The van der Waals surface area contributed by atoms with E-state index >= 15 is 0 Å². The number of carbonyl (C=O) groups excluding carboxylic acids is 1. The number of fused-ring (bicyclic) bond motifs is 2. The van der Waals surface area contributed by atoms with E-state index in [0.717, 1.165) is 61.8 Å². The van der Waals surface area contributed by atoms with E-state index in [2.05, 4.69) is 35.2 Å². The summed E-state index contributed by atoms with van der Waals surface area (Å²) in [6.07, 6.45) is 4.23. The normalized spacial score (nSPS) is 18.7. The van der Waals surface area contributed by atoms with E-state index < -0.39 is 0 Å². The summed E-state index contributed by atoms with van der Waals surface area (Å²) in [6, 6.07) is 14.4. The number of ether oxygens (including phenoxy) is 2. The minimum absolute atomic E-state index is 0.221. The van der Waals surface area contributed by atoms with Crippen LogP contribution in [0.5, 0.6) is 11.5 Å². The molecule has 0 spiro atoms. The van der Waals surface area contributed by atoms with Crippen LogP contribution in [0.1, 0.15) is 31.2 Å². The van der Waals surface area contributed by atoms with Crippen LogP contribution in [0.4, 0.5) is 11.4 Å². The summed E-state index contributed by atoms with van der Waals surface area (Å²) < 4.78 is 10.9. The van der Waals surface area contributed by atoms with Crippen LogP contribution < -0.4 is 19.3 Å². The molecule has 1 aliphatic carbocycles. The third-order valence-electron chi connectivity index (χ3n) is 5.85. The lowest BCUT2D eigenvalue weighted by Gasteiger charge is -2.32. The number of amides is 1. The van der Waals surface area contributed by atoms with E-state index in [1.165, 1.54) is 12.0 Å². The van der Waals surface area contributed by atoms with Crippen molar-refractivity contribution < 1.29 is 14.3 Å². The van der Waals surface area contributed by atoms with E-state index in [4.69, 9.17) is 9.47 Å². The first-order valence-electron chi connectivity index (χ1n) is 9.83. The van der Waals surface area contributed by atoms with Crippen molar-refractivity contribution in [3.05, 3.63) is 48.0 Å². The molecule has 3 aliphatic rings. The van der Waals surface area contributed by atoms with Crippen molar-refractivity contribution in [3.8, 4) is 11.5 Å². The highest BCUT2D eigenvalue weighted by Crippen LogP contribution is 2.38. The quantitative estimate of drug-likeness (QED) is 0.827. The number of rotatable bonds is 3. The van der Waals surface area contributed by atoms with Gasteiger partial charge in [0.15, 0.2) is 11.5 Å². The van der Waals surface area contributed by atoms with Crippen LogP contribution in [-0.4, -0.2) is 25.8 Å². The van der Waals surface area contributed by atoms with E-state index in [1.807, 2.05) is 17.0 Å². The second-order valence-electron chi connectivity index (χ2n) is 7.57. The van der Waals surface area contributed by atoms with E-state index in [1.54, 1.807) is 0 Å². The van der Waals surface area contributed by atoms with Crippen molar-refractivity contribution in [1.82, 2.24) is 0 Å². The maximum absolute atomic E-state index is 13.0. The summed E-state index contributed by atoms with van der Waals surface area (Å²) in [5.74, 6) is 2.15. The highest BCUT2D eigenvalue weighted by atomic mass is 16.7. The topological polar surface area (TPSA) is 42.0 Å². The van der Waals surface area contributed by atoms with Gasteiger partial charge in [0.2, 0.25) is 12.7 Å². The number of anilines is 2. The molecule has 27 heavy (non-hydrogen) atoms. The van der Waals surface area contributed by atoms with Gasteiger partial charge in [0.25, 0.3) is 0 Å². The first-order chi connectivity index (χ1) is 13.3. The largest absolute Gasteiger partial charge is 0.454 e. The fourth-order valence-electron chi connectivity index (χ4n) is 4.15. The van der Waals surface area contributed by atoms with Crippen LogP contribution >= 0.6 is 0 Å². The van der Waals surface area contributed by atoms with Gasteiger partial charge >= 0.3 is 0 Å². The number of para-hydroxylation sites is 2. The fourth-order valence-corrected chi connectivity index (χ4v) is 4.15. The Kier molecular flexibility index (Phi) is 4.15. The van der Waals surface area contributed by atoms with Crippen LogP contribution in [0.2, 0.25) is 0 Å². The molecule has 2 aromatic carbocycles. The Morgan fingerprint density at radius 1 is 0.963 bits per heavy atom. The zero-order valence-electron chi connectivity index (χ0n) is 15.4. The lowest BCUT2D eigenvalue weighted by atomic mass is 9.84. The van der Waals surface area contributed by atoms with E-state index in [-0.39, 0.29) is 5.92 Å². The van der Waals surface area contributed by atoms with Gasteiger partial charge in [0.1, 0.15) is 0 Å². The van der Waals surface area contributed by atoms with Gasteiger partial charge in [-0.1, -0.05) is 24.6 Å². The molecular formula is C22H24N2O3. The van der Waals surface area contributed by atoms with Crippen LogP contribution in [0.3, 0.4) is 0 Å². The predicted molar refractivity (Wildman–Crippen MR) is 104 cm³/mol. The molecule has 0 atom stereocenters. The van der Waals surface area contributed by atoms with Gasteiger partial charge < -0.3 is 19.3 Å². The minimum atomic E-state index is 0.221. The number of nitrogens with zero attached hydrogens (tertiary/aromatic N) is 2. The molecule has 2 aliphatic heterocycles. The van der Waals surface area contributed by atoms with Crippen molar-refractivity contribution >= 4 is 17.3 Å². The molecule has 5 nitrogen and oxygen atoms in total. The fraction of sp³-hybridized carbons (Fsp3) is 0.409. The molecule has 0 N–H and O–H groups in total. The monoisotopic (exact) mass is 364 g/mol. The Morgan fingerprint density at radius 2 is 1.78 bits per heavy atom. The Hall–Kier alpha value is -2.69. The third kappa shape index (κ3) is 3.01. The second-order valence-corrected chi connectivity index (χ2v) is 7.57. The summed E-state index contributed by atoms with van der Waals surface area (Å²) in [5, 5.41) is 0. The molecular weight excluding hydrogens is 340 g/mol. The molecule has 5 rings (SSSR count). The average Bonchev–Trinajstić information content (AvgIpc) is 3.03. The molecule has 1 saturated carbocycles. The van der Waals surface area contributed by atoms with Crippen LogP contribution in [-0.2, 0) is 11.3 Å². The number of hydrogen-bond acceptors (Lipinski definition) is 4. The standard InChI is InChI=1S/C22H24N2O3/c25-22(17-5-3-6-17)24-12-4-11-23(18-7-1-2-8-19(18)24)14-16-9-10-20-21(13-16)27-15-26-20/h1-2,7-10,13,17H,3-6,11-12,14-15H2. The Balaban J connectivity index is 1.43. The molecule has 140 valence electrons. The van der Waals surface area contributed by atoms with Crippen molar-refractivity contribution in [2.75, 3.05) is 29.7 Å². The molecule has 0 aromatic heterocycles. The Morgan fingerprint density at radius 3 is 2.59 bits per heavy atom. The molecule has 0 unspecified atom stereocenters. The molecule has 5 heteroatoms. The summed E-state index contributed by atoms with van der Waals surface area (Å²) in [7, 11) is 0. The van der Waals surface area contributed by atoms with E-state index in [0.29, 0.717) is 12.7 Å². The van der Waals surface area contributed by atoms with Gasteiger partial charge in [0, 0.05) is 25.6 Å². The second kappa shape index (κ2) is 6.80. The van der Waals surface area contributed by atoms with Crippen LogP contribution in [0, 0.1) is 5.92 Å². The number of carbonyl (C=O) groups is 1. The number of hydrogen-bond donors (Lipinski definition) is 0. The van der Waals surface area contributed by atoms with Gasteiger partial charge in [-0.25, -0.2) is 0 Å². The maximum Gasteiger partial charge on any atom is 0.231 e. The van der Waals surface area contributed by atoms with E-state index in [9.17, 15) is 4.79 Å². The first-order valence-corrected chi connectivity index (χ1v) is 9.83. The first kappa shape index (κ1) is 16.5. The zero-order valence-corrected chi connectivity index (χ0v) is 15.4. The lowest BCUT2D eigenvalue weighted by molar-refractivity contribution is -0.124. The molecule has 0 bridgehead atoms. The zero-order chi connectivity index (χ0) is 18.2. The van der Waals surface area contributed by atoms with Crippen LogP contribution in [0.15, 0.2) is 42.5 Å². The predicted octanol–water partition coefficient (Wildman–Crippen LogP) is 3.96. The van der Waals surface area contributed by atoms with Gasteiger partial charge in [-0.05, 0) is 49.1 Å². The van der Waals surface area contributed by atoms with Crippen molar-refractivity contribution in [2.45, 2.75) is 32.2 Å². The van der Waals surface area contributed by atoms with Gasteiger partial charge in [-0.2, -0.15) is 0 Å². The van der Waals surface area contributed by atoms with Crippen molar-refractivity contribution in [1.29, 1.82) is 0 Å². The SMILES string of the molecule is O=C(C1CCC1)N1CCCN(Cc2ccc3c(c2)OCO3)c2ccccc21. The molecule has 0 saturated heterocycles. The molecule has 2 aromatic rings. The highest BCUT2D eigenvalue weighted by molar-refractivity contribution is 5.98. The Bertz CT molecular complexity index is 862. The molecule has 1 fully saturated rings. The molecule has 2 heterocycles. The minimum Gasteiger partial charge on any atom is -0.454 e. The maximum atomic E-state index is 13.0. The smallest absolute Gasteiger partial charge is 0.231 e. The molecule has 0 radical (unpaired) electrons. The lowest BCUT2D eigenvalue weighted by Crippen LogP contribution is -2.39. The van der Waals surface area contributed by atoms with Crippen LogP contribution in [0.25, 0.3) is 0 Å². The van der Waals surface area contributed by atoms with Crippen molar-refractivity contribution in [3.63, 3.8) is 0 Å². The van der Waals surface area contributed by atoms with Gasteiger partial charge in [-0.15, -0.1) is 0 Å². The summed E-state index contributed by atoms with van der Waals surface area (Å²) in [5.41, 5.74) is 3.38. The summed E-state index contributed by atoms with van der Waals surface area (Å²) >= 11 is 0. The Labute approximate surface area is 159 Å². The number of benzene rings is 2. The van der Waals surface area contributed by atoms with Gasteiger partial charge in [0.05, 0.1) is 11.4 Å². The van der Waals surface area contributed by atoms with Gasteiger partial charge in [-0.3, -0.25) is 4.79 Å². The summed E-state index contributed by atoms with van der Waals surface area (Å²) in [6.45, 7) is 2.81.